The van der Waals surface area contributed by atoms with Gasteiger partial charge in [0.1, 0.15) is 0 Å². The van der Waals surface area contributed by atoms with Crippen molar-refractivity contribution in [2.75, 3.05) is 13.7 Å². The molecule has 0 radical (unpaired) electrons. The Morgan fingerprint density at radius 3 is 2.77 bits per heavy atom. The summed E-state index contributed by atoms with van der Waals surface area (Å²) >= 11 is 7.28. The molecule has 5 nitrogen and oxygen atoms in total. The summed E-state index contributed by atoms with van der Waals surface area (Å²) in [6.45, 7) is 6.86. The van der Waals surface area contributed by atoms with Crippen LogP contribution < -0.4 is 20.2 Å². The second kappa shape index (κ2) is 9.83. The van der Waals surface area contributed by atoms with Gasteiger partial charge in [-0.15, -0.1) is 0 Å². The highest BCUT2D eigenvalue weighted by molar-refractivity contribution is 14.1. The van der Waals surface area contributed by atoms with Crippen LogP contribution >= 0.6 is 34.8 Å². The molecule has 0 saturated heterocycles. The first-order valence-corrected chi connectivity index (χ1v) is 8.61. The van der Waals surface area contributed by atoms with E-state index < -0.39 is 0 Å². The van der Waals surface area contributed by atoms with Gasteiger partial charge in [-0.3, -0.25) is 5.43 Å². The Balaban J connectivity index is 2.88. The number of hydrogen-bond donors (Lipinski definition) is 2. The third-order valence-electron chi connectivity index (χ3n) is 2.86. The minimum absolute atomic E-state index is 0.140. The van der Waals surface area contributed by atoms with Crippen LogP contribution in [-0.2, 0) is 0 Å². The van der Waals surface area contributed by atoms with Gasteiger partial charge in [0.05, 0.1) is 23.0 Å². The molecule has 0 saturated carbocycles. The van der Waals surface area contributed by atoms with Crippen molar-refractivity contribution >= 4 is 46.1 Å². The Hall–Kier alpha value is -1.09. The van der Waals surface area contributed by atoms with Gasteiger partial charge >= 0.3 is 0 Å². The summed E-state index contributed by atoms with van der Waals surface area (Å²) in [5.74, 6) is 1.47. The fraction of sp³-hybridized carbons (Fsp3) is 0.467. The number of rotatable bonds is 7. The lowest BCUT2D eigenvalue weighted by Gasteiger charge is -2.17. The van der Waals surface area contributed by atoms with Crippen molar-refractivity contribution in [3.05, 3.63) is 21.3 Å². The number of hydrogen-bond acceptors (Lipinski definition) is 4. The Morgan fingerprint density at radius 1 is 1.45 bits per heavy atom. The van der Waals surface area contributed by atoms with E-state index in [1.165, 1.54) is 0 Å². The van der Waals surface area contributed by atoms with Crippen molar-refractivity contribution in [1.82, 2.24) is 10.7 Å². The van der Waals surface area contributed by atoms with Crippen molar-refractivity contribution in [3.63, 3.8) is 0 Å². The quantitative estimate of drug-likeness (QED) is 0.298. The van der Waals surface area contributed by atoms with Crippen molar-refractivity contribution in [1.29, 1.82) is 0 Å². The van der Waals surface area contributed by atoms with Crippen LogP contribution in [-0.4, -0.2) is 31.1 Å². The number of methoxy groups -OCH3 is 1. The van der Waals surface area contributed by atoms with Crippen LogP contribution in [0.1, 0.15) is 32.8 Å². The number of ether oxygens (including phenoxy) is 2. The summed E-state index contributed by atoms with van der Waals surface area (Å²) in [5, 5.41) is 7.57. The predicted molar refractivity (Wildman–Crippen MR) is 103 cm³/mol. The van der Waals surface area contributed by atoms with Crippen LogP contribution in [0.5, 0.6) is 11.5 Å². The monoisotopic (exact) mass is 435 g/mol. The number of nitrogens with one attached hydrogen (secondary N) is 2. The average Bonchev–Trinajstić information content (AvgIpc) is 2.49. The fourth-order valence-corrected chi connectivity index (χ4v) is 2.53. The molecule has 1 aromatic rings. The molecule has 0 fully saturated rings. The molecule has 2 N–H and O–H groups in total. The molecule has 0 spiro atoms. The van der Waals surface area contributed by atoms with E-state index in [0.717, 1.165) is 27.8 Å². The van der Waals surface area contributed by atoms with Crippen molar-refractivity contribution in [2.45, 2.75) is 33.3 Å². The van der Waals surface area contributed by atoms with E-state index in [1.807, 2.05) is 26.0 Å². The number of thiocarbonyl (C=S) groups is 1. The van der Waals surface area contributed by atoms with Gasteiger partial charge in [-0.05, 0) is 72.8 Å². The molecule has 22 heavy (non-hydrogen) atoms. The molecule has 1 rings (SSSR count). The van der Waals surface area contributed by atoms with Crippen LogP contribution in [0.4, 0.5) is 0 Å². The maximum Gasteiger partial charge on any atom is 0.186 e. The van der Waals surface area contributed by atoms with Crippen LogP contribution in [0, 0.1) is 3.57 Å². The minimum atomic E-state index is 0.140. The lowest BCUT2D eigenvalue weighted by Crippen LogP contribution is -2.31. The highest BCUT2D eigenvalue weighted by Crippen LogP contribution is 2.34. The normalized spacial score (nSPS) is 12.0. The Labute approximate surface area is 151 Å². The second-order valence-electron chi connectivity index (χ2n) is 4.60. The molecular formula is C15H22IN3O2S. The zero-order valence-corrected chi connectivity index (χ0v) is 16.2. The third kappa shape index (κ3) is 5.96. The van der Waals surface area contributed by atoms with E-state index in [9.17, 15) is 0 Å². The number of nitrogens with zero attached hydrogens (tertiary/aromatic N) is 1. The van der Waals surface area contributed by atoms with Crippen LogP contribution in [0.2, 0.25) is 0 Å². The standard InChI is InChI=1S/C15H22IN3O2S/c1-5-10(3)21-14-12(16)7-11(8-13(14)20-4)9-18-19-15(22)17-6-2/h7-10H,5-6H2,1-4H3,(H2,17,19,22)/b18-9-/t10-/m1/s1. The van der Waals surface area contributed by atoms with Gasteiger partial charge in [0, 0.05) is 6.54 Å². The zero-order chi connectivity index (χ0) is 16.5. The molecule has 122 valence electrons. The molecule has 0 unspecified atom stereocenters. The first kappa shape index (κ1) is 19.0. The third-order valence-corrected chi connectivity index (χ3v) is 3.90. The van der Waals surface area contributed by atoms with E-state index in [0.29, 0.717) is 10.9 Å². The highest BCUT2D eigenvalue weighted by atomic mass is 127. The van der Waals surface area contributed by atoms with Gasteiger partial charge < -0.3 is 14.8 Å². The summed E-state index contributed by atoms with van der Waals surface area (Å²) in [5.41, 5.74) is 3.67. The molecule has 7 heteroatoms. The van der Waals surface area contributed by atoms with E-state index in [1.54, 1.807) is 13.3 Å². The second-order valence-corrected chi connectivity index (χ2v) is 6.17. The van der Waals surface area contributed by atoms with Gasteiger partial charge in [-0.25, -0.2) is 0 Å². The largest absolute Gasteiger partial charge is 0.493 e. The van der Waals surface area contributed by atoms with Gasteiger partial charge in [-0.2, -0.15) is 5.10 Å². The minimum Gasteiger partial charge on any atom is -0.493 e. The summed E-state index contributed by atoms with van der Waals surface area (Å²) < 4.78 is 12.3. The maximum absolute atomic E-state index is 5.92. The van der Waals surface area contributed by atoms with Gasteiger partial charge in [0.25, 0.3) is 0 Å². The average molecular weight is 435 g/mol. The number of hydrazone groups is 1. The molecule has 0 heterocycles. The van der Waals surface area contributed by atoms with Crippen molar-refractivity contribution in [3.8, 4) is 11.5 Å². The van der Waals surface area contributed by atoms with Gasteiger partial charge in [0.15, 0.2) is 16.6 Å². The molecule has 1 aromatic carbocycles. The van der Waals surface area contributed by atoms with Gasteiger partial charge in [0.2, 0.25) is 0 Å². The first-order chi connectivity index (χ1) is 10.5. The SMILES string of the molecule is CCNC(=S)N/N=C\c1cc(I)c(O[C@H](C)CC)c(OC)c1. The molecular weight excluding hydrogens is 413 g/mol. The number of benzene rings is 1. The molecule has 0 amide bonds. The summed E-state index contributed by atoms with van der Waals surface area (Å²) in [6.07, 6.45) is 2.77. The fourth-order valence-electron chi connectivity index (χ4n) is 1.58. The Morgan fingerprint density at radius 2 is 2.18 bits per heavy atom. The molecule has 0 bridgehead atoms. The number of halogens is 1. The van der Waals surface area contributed by atoms with Crippen LogP contribution in [0.15, 0.2) is 17.2 Å². The summed E-state index contributed by atoms with van der Waals surface area (Å²) in [4.78, 5) is 0. The maximum atomic E-state index is 5.92. The van der Waals surface area contributed by atoms with E-state index >= 15 is 0 Å². The molecule has 0 aliphatic rings. The predicted octanol–water partition coefficient (Wildman–Crippen LogP) is 3.30. The Bertz CT molecular complexity index is 538. The van der Waals surface area contributed by atoms with Crippen molar-refractivity contribution < 1.29 is 9.47 Å². The van der Waals surface area contributed by atoms with Crippen LogP contribution in [0.3, 0.4) is 0 Å². The molecule has 1 atom stereocenters. The molecule has 0 aromatic heterocycles. The highest BCUT2D eigenvalue weighted by Gasteiger charge is 2.13. The summed E-state index contributed by atoms with van der Waals surface area (Å²) in [7, 11) is 1.63. The van der Waals surface area contributed by atoms with E-state index in [2.05, 4.69) is 45.4 Å². The summed E-state index contributed by atoms with van der Waals surface area (Å²) in [6, 6.07) is 3.88. The Kier molecular flexibility index (Phi) is 8.47. The van der Waals surface area contributed by atoms with Crippen LogP contribution in [0.25, 0.3) is 0 Å². The first-order valence-electron chi connectivity index (χ1n) is 7.12. The molecule has 0 aliphatic heterocycles. The van der Waals surface area contributed by atoms with Crippen molar-refractivity contribution in [2.24, 2.45) is 5.10 Å². The lowest BCUT2D eigenvalue weighted by atomic mass is 10.2. The lowest BCUT2D eigenvalue weighted by molar-refractivity contribution is 0.206. The smallest absolute Gasteiger partial charge is 0.186 e. The topological polar surface area (TPSA) is 54.9 Å². The molecule has 0 aliphatic carbocycles. The zero-order valence-electron chi connectivity index (χ0n) is 13.3. The van der Waals surface area contributed by atoms with E-state index in [4.69, 9.17) is 21.7 Å². The van der Waals surface area contributed by atoms with E-state index in [-0.39, 0.29) is 6.10 Å². The van der Waals surface area contributed by atoms with Gasteiger partial charge in [-0.1, -0.05) is 6.92 Å².